The van der Waals surface area contributed by atoms with Crippen LogP contribution in [0.25, 0.3) is 0 Å². The van der Waals surface area contributed by atoms with Crippen molar-refractivity contribution in [3.8, 4) is 0 Å². The van der Waals surface area contributed by atoms with Crippen molar-refractivity contribution >= 4 is 21.7 Å². The summed E-state index contributed by atoms with van der Waals surface area (Å²) in [6, 6.07) is 0. The van der Waals surface area contributed by atoms with Gasteiger partial charge in [0.1, 0.15) is 5.78 Å². The smallest absolute Gasteiger partial charge is 0.147 e. The van der Waals surface area contributed by atoms with E-state index in [1.165, 1.54) is 51.4 Å². The van der Waals surface area contributed by atoms with E-state index in [1.807, 2.05) is 7.11 Å². The maximum atomic E-state index is 12.5. The number of alkyl halides is 1. The maximum absolute atomic E-state index is 12.5. The molecular formula is C22H35BrO2. The van der Waals surface area contributed by atoms with Crippen LogP contribution in [-0.2, 0) is 9.53 Å². The summed E-state index contributed by atoms with van der Waals surface area (Å²) in [5.74, 6) is 6.22. The summed E-state index contributed by atoms with van der Waals surface area (Å²) in [5.41, 5.74) is 0.298. The van der Waals surface area contributed by atoms with Crippen molar-refractivity contribution in [2.24, 2.45) is 46.8 Å². The second kappa shape index (κ2) is 7.26. The van der Waals surface area contributed by atoms with E-state index < -0.39 is 0 Å². The fourth-order valence-electron chi connectivity index (χ4n) is 7.96. The number of fused-ring (bicyclic) bond motifs is 5. The highest BCUT2D eigenvalue weighted by Gasteiger charge is 2.58. The molecule has 25 heavy (non-hydrogen) atoms. The van der Waals surface area contributed by atoms with Gasteiger partial charge in [0.2, 0.25) is 0 Å². The normalized spacial score (nSPS) is 49.2. The molecule has 0 bridgehead atoms. The van der Waals surface area contributed by atoms with Crippen LogP contribution in [-0.4, -0.2) is 24.8 Å². The van der Waals surface area contributed by atoms with E-state index in [-0.39, 0.29) is 0 Å². The summed E-state index contributed by atoms with van der Waals surface area (Å²) in [7, 11) is 1.86. The molecular weight excluding hydrogens is 376 g/mol. The van der Waals surface area contributed by atoms with Crippen LogP contribution in [0.2, 0.25) is 0 Å². The van der Waals surface area contributed by atoms with Gasteiger partial charge in [-0.05, 0) is 98.7 Å². The van der Waals surface area contributed by atoms with Crippen LogP contribution in [0.1, 0.15) is 64.7 Å². The van der Waals surface area contributed by atoms with E-state index in [0.29, 0.717) is 22.4 Å². The fraction of sp³-hybridized carbons (Fsp3) is 0.955. The SMILES string of the molecule is COCC1CCC2[C@@H](CCC3[C@@H]2CCC2(C)C(C(=O)CBr)CC[C@@H]32)C1. The van der Waals surface area contributed by atoms with Crippen LogP contribution < -0.4 is 0 Å². The number of hydrogen-bond acceptors (Lipinski definition) is 2. The first-order valence-electron chi connectivity index (χ1n) is 10.7. The minimum absolute atomic E-state index is 0.298. The molecule has 0 aromatic carbocycles. The first-order valence-corrected chi connectivity index (χ1v) is 11.8. The summed E-state index contributed by atoms with van der Waals surface area (Å²) in [6.07, 6.45) is 12.2. The molecule has 0 aliphatic heterocycles. The van der Waals surface area contributed by atoms with E-state index in [2.05, 4.69) is 22.9 Å². The van der Waals surface area contributed by atoms with Gasteiger partial charge in [0.15, 0.2) is 0 Å². The summed E-state index contributed by atoms with van der Waals surface area (Å²) < 4.78 is 5.45. The van der Waals surface area contributed by atoms with Gasteiger partial charge in [0, 0.05) is 19.6 Å². The molecule has 0 spiro atoms. The molecule has 0 amide bonds. The van der Waals surface area contributed by atoms with Crippen molar-refractivity contribution in [2.45, 2.75) is 64.7 Å². The lowest BCUT2D eigenvalue weighted by Crippen LogP contribution is -2.49. The van der Waals surface area contributed by atoms with Crippen molar-refractivity contribution in [1.82, 2.24) is 0 Å². The Bertz CT molecular complexity index is 506. The third-order valence-electron chi connectivity index (χ3n) is 8.99. The highest BCUT2D eigenvalue weighted by atomic mass is 79.9. The molecule has 0 heterocycles. The third kappa shape index (κ3) is 3.06. The molecule has 4 saturated carbocycles. The molecule has 4 fully saturated rings. The first-order chi connectivity index (χ1) is 12.1. The molecule has 0 saturated heterocycles. The van der Waals surface area contributed by atoms with Crippen molar-refractivity contribution in [3.05, 3.63) is 0 Å². The monoisotopic (exact) mass is 410 g/mol. The van der Waals surface area contributed by atoms with Gasteiger partial charge >= 0.3 is 0 Å². The van der Waals surface area contributed by atoms with Crippen molar-refractivity contribution in [2.75, 3.05) is 19.0 Å². The minimum Gasteiger partial charge on any atom is -0.384 e. The number of carbonyl (C=O) groups excluding carboxylic acids is 1. The fourth-order valence-corrected chi connectivity index (χ4v) is 8.35. The Hall–Kier alpha value is 0.110. The Morgan fingerprint density at radius 1 is 1.04 bits per heavy atom. The molecule has 4 aliphatic rings. The van der Waals surface area contributed by atoms with Gasteiger partial charge in [0.25, 0.3) is 0 Å². The molecule has 4 rings (SSSR count). The largest absolute Gasteiger partial charge is 0.384 e. The molecule has 142 valence electrons. The van der Waals surface area contributed by atoms with Crippen LogP contribution in [0, 0.1) is 46.8 Å². The summed E-state index contributed by atoms with van der Waals surface area (Å²) >= 11 is 3.44. The molecule has 0 aromatic heterocycles. The minimum atomic E-state index is 0.298. The Morgan fingerprint density at radius 3 is 2.60 bits per heavy atom. The van der Waals surface area contributed by atoms with Crippen LogP contribution >= 0.6 is 15.9 Å². The van der Waals surface area contributed by atoms with Gasteiger partial charge in [-0.1, -0.05) is 22.9 Å². The van der Waals surface area contributed by atoms with Crippen molar-refractivity contribution in [1.29, 1.82) is 0 Å². The van der Waals surface area contributed by atoms with E-state index in [4.69, 9.17) is 4.74 Å². The average Bonchev–Trinajstić information content (AvgIpc) is 2.98. The number of ether oxygens (including phenoxy) is 1. The van der Waals surface area contributed by atoms with Gasteiger partial charge in [-0.25, -0.2) is 0 Å². The van der Waals surface area contributed by atoms with Gasteiger partial charge in [-0.3, -0.25) is 4.79 Å². The highest BCUT2D eigenvalue weighted by molar-refractivity contribution is 9.09. The number of rotatable bonds is 4. The molecule has 4 aliphatic carbocycles. The van der Waals surface area contributed by atoms with Gasteiger partial charge in [-0.15, -0.1) is 0 Å². The Morgan fingerprint density at radius 2 is 1.84 bits per heavy atom. The zero-order valence-electron chi connectivity index (χ0n) is 16.0. The van der Waals surface area contributed by atoms with E-state index in [9.17, 15) is 4.79 Å². The van der Waals surface area contributed by atoms with E-state index in [0.717, 1.165) is 48.5 Å². The summed E-state index contributed by atoms with van der Waals surface area (Å²) in [6.45, 7) is 3.43. The highest BCUT2D eigenvalue weighted by Crippen LogP contribution is 2.64. The molecule has 0 aromatic rings. The van der Waals surface area contributed by atoms with Gasteiger partial charge in [-0.2, -0.15) is 0 Å². The number of hydrogen-bond donors (Lipinski definition) is 0. The molecule has 0 N–H and O–H groups in total. The van der Waals surface area contributed by atoms with E-state index >= 15 is 0 Å². The van der Waals surface area contributed by atoms with Crippen molar-refractivity contribution in [3.63, 3.8) is 0 Å². The van der Waals surface area contributed by atoms with Gasteiger partial charge < -0.3 is 4.74 Å². The third-order valence-corrected chi connectivity index (χ3v) is 9.54. The zero-order valence-corrected chi connectivity index (χ0v) is 17.6. The predicted molar refractivity (Wildman–Crippen MR) is 105 cm³/mol. The Labute approximate surface area is 162 Å². The molecule has 5 unspecified atom stereocenters. The number of carbonyl (C=O) groups is 1. The van der Waals surface area contributed by atoms with Crippen LogP contribution in [0.4, 0.5) is 0 Å². The van der Waals surface area contributed by atoms with E-state index in [1.54, 1.807) is 0 Å². The molecule has 8 atom stereocenters. The quantitative estimate of drug-likeness (QED) is 0.573. The number of ketones is 1. The Kier molecular flexibility index (Phi) is 5.37. The number of halogens is 1. The molecule has 0 radical (unpaired) electrons. The lowest BCUT2D eigenvalue weighted by Gasteiger charge is -2.56. The average molecular weight is 411 g/mol. The predicted octanol–water partition coefficient (Wildman–Crippen LogP) is 5.48. The number of Topliss-reactive ketones (excluding diaryl/α,β-unsaturated/α-hetero) is 1. The van der Waals surface area contributed by atoms with Crippen LogP contribution in [0.3, 0.4) is 0 Å². The summed E-state index contributed by atoms with van der Waals surface area (Å²) in [5, 5.41) is 0.555. The van der Waals surface area contributed by atoms with Crippen molar-refractivity contribution < 1.29 is 9.53 Å². The molecule has 2 nitrogen and oxygen atoms in total. The first kappa shape index (κ1) is 18.5. The second-order valence-electron chi connectivity index (χ2n) is 9.84. The number of methoxy groups -OCH3 is 1. The van der Waals surface area contributed by atoms with Crippen LogP contribution in [0.15, 0.2) is 0 Å². The second-order valence-corrected chi connectivity index (χ2v) is 10.4. The Balaban J connectivity index is 1.48. The molecule has 3 heteroatoms. The summed E-state index contributed by atoms with van der Waals surface area (Å²) in [4.78, 5) is 12.5. The topological polar surface area (TPSA) is 26.3 Å². The maximum Gasteiger partial charge on any atom is 0.147 e. The van der Waals surface area contributed by atoms with Gasteiger partial charge in [0.05, 0.1) is 5.33 Å². The lowest BCUT2D eigenvalue weighted by molar-refractivity contribution is -0.128. The van der Waals surface area contributed by atoms with Crippen LogP contribution in [0.5, 0.6) is 0 Å². The standard InChI is InChI=1S/C22H35BrO2/c1-22-10-9-17-16-5-3-14(13-25-2)11-15(16)4-6-18(17)19(22)7-8-20(22)21(24)12-23/h14-20H,3-13H2,1-2H3/t14?,15-,16?,17+,18?,19-,20?,22?/m0/s1. The zero-order chi connectivity index (χ0) is 17.6. The lowest BCUT2D eigenvalue weighted by atomic mass is 9.49.